The number of fused-ring (bicyclic) bond motifs is 1. The monoisotopic (exact) mass is 212 g/mol. The zero-order valence-corrected chi connectivity index (χ0v) is 8.29. The summed E-state index contributed by atoms with van der Waals surface area (Å²) >= 11 is 0. The third kappa shape index (κ3) is 1.65. The normalized spacial score (nSPS) is 24.4. The Balaban J connectivity index is 2.29. The van der Waals surface area contributed by atoms with Crippen LogP contribution in [0.4, 0.5) is 5.82 Å². The van der Waals surface area contributed by atoms with Gasteiger partial charge in [-0.15, -0.1) is 0 Å². The lowest BCUT2D eigenvalue weighted by Gasteiger charge is -2.26. The molecule has 7 nitrogen and oxygen atoms in total. The fourth-order valence-corrected chi connectivity index (χ4v) is 1.65. The van der Waals surface area contributed by atoms with Gasteiger partial charge in [-0.05, 0) is 11.3 Å². The number of imidazole rings is 1. The molecule has 0 radical (unpaired) electrons. The first-order valence-corrected chi connectivity index (χ1v) is 4.75. The van der Waals surface area contributed by atoms with Crippen LogP contribution in [0.15, 0.2) is 6.20 Å². The fourth-order valence-electron chi connectivity index (χ4n) is 1.65. The van der Waals surface area contributed by atoms with Crippen molar-refractivity contribution in [2.75, 3.05) is 0 Å². The second kappa shape index (κ2) is 3.50. The standard InChI is InChI=1S/C8H12N4O3/c1-2-6-5(9)3-11-4-7(12(13)14)10-8(11)15-6/h4-6H,2-3,9H2,1H3/t5-,6-/m0/s1. The van der Waals surface area contributed by atoms with Gasteiger partial charge >= 0.3 is 11.8 Å². The average molecular weight is 212 g/mol. The molecule has 0 fully saturated rings. The van der Waals surface area contributed by atoms with Crippen molar-refractivity contribution >= 4 is 5.82 Å². The summed E-state index contributed by atoms with van der Waals surface area (Å²) in [5.41, 5.74) is 5.85. The van der Waals surface area contributed by atoms with E-state index in [0.717, 1.165) is 6.42 Å². The van der Waals surface area contributed by atoms with Gasteiger partial charge in [-0.1, -0.05) is 6.92 Å². The minimum absolute atomic E-state index is 0.112. The maximum absolute atomic E-state index is 10.5. The van der Waals surface area contributed by atoms with E-state index in [9.17, 15) is 10.1 Å². The SMILES string of the molecule is CC[C@@H]1Oc2nc([N+](=O)[O-])cn2C[C@@H]1N. The van der Waals surface area contributed by atoms with E-state index in [-0.39, 0.29) is 24.0 Å². The van der Waals surface area contributed by atoms with E-state index < -0.39 is 4.92 Å². The van der Waals surface area contributed by atoms with Gasteiger partial charge in [0.25, 0.3) is 0 Å². The molecule has 2 N–H and O–H groups in total. The summed E-state index contributed by atoms with van der Waals surface area (Å²) in [6.07, 6.45) is 2.00. The summed E-state index contributed by atoms with van der Waals surface area (Å²) in [4.78, 5) is 13.7. The van der Waals surface area contributed by atoms with Gasteiger partial charge in [-0.3, -0.25) is 4.57 Å². The Hall–Kier alpha value is -1.63. The van der Waals surface area contributed by atoms with Crippen LogP contribution in [-0.2, 0) is 6.54 Å². The highest BCUT2D eigenvalue weighted by molar-refractivity contribution is 5.22. The van der Waals surface area contributed by atoms with Gasteiger partial charge < -0.3 is 20.6 Å². The lowest BCUT2D eigenvalue weighted by molar-refractivity contribution is -0.389. The third-order valence-corrected chi connectivity index (χ3v) is 2.46. The van der Waals surface area contributed by atoms with Crippen molar-refractivity contribution in [1.29, 1.82) is 0 Å². The van der Waals surface area contributed by atoms with Crippen molar-refractivity contribution in [2.45, 2.75) is 32.0 Å². The molecule has 2 rings (SSSR count). The van der Waals surface area contributed by atoms with Crippen molar-refractivity contribution in [3.63, 3.8) is 0 Å². The highest BCUT2D eigenvalue weighted by Crippen LogP contribution is 2.24. The van der Waals surface area contributed by atoms with E-state index in [4.69, 9.17) is 10.5 Å². The number of rotatable bonds is 2. The number of nitro groups is 1. The number of nitrogens with two attached hydrogens (primary N) is 1. The van der Waals surface area contributed by atoms with Crippen molar-refractivity contribution in [3.05, 3.63) is 16.3 Å². The molecule has 0 saturated heterocycles. The molecule has 0 bridgehead atoms. The van der Waals surface area contributed by atoms with Gasteiger partial charge in [0.1, 0.15) is 12.3 Å². The zero-order valence-electron chi connectivity index (χ0n) is 8.29. The molecule has 2 atom stereocenters. The Labute approximate surface area is 86.0 Å². The van der Waals surface area contributed by atoms with Gasteiger partial charge in [0.05, 0.1) is 6.04 Å². The number of hydrogen-bond acceptors (Lipinski definition) is 5. The van der Waals surface area contributed by atoms with Gasteiger partial charge in [0.2, 0.25) is 0 Å². The van der Waals surface area contributed by atoms with E-state index in [1.165, 1.54) is 6.20 Å². The molecule has 0 spiro atoms. The van der Waals surface area contributed by atoms with Crippen LogP contribution in [0.3, 0.4) is 0 Å². The van der Waals surface area contributed by atoms with Crippen molar-refractivity contribution in [3.8, 4) is 6.01 Å². The van der Waals surface area contributed by atoms with Crippen LogP contribution >= 0.6 is 0 Å². The van der Waals surface area contributed by atoms with E-state index in [0.29, 0.717) is 6.54 Å². The maximum atomic E-state index is 10.5. The van der Waals surface area contributed by atoms with E-state index in [1.807, 2.05) is 6.92 Å². The minimum atomic E-state index is -0.541. The highest BCUT2D eigenvalue weighted by atomic mass is 16.6. The highest BCUT2D eigenvalue weighted by Gasteiger charge is 2.31. The molecule has 1 aromatic heterocycles. The average Bonchev–Trinajstić information content (AvgIpc) is 2.59. The topological polar surface area (TPSA) is 96.2 Å². The van der Waals surface area contributed by atoms with Crippen LogP contribution in [0.5, 0.6) is 6.01 Å². The van der Waals surface area contributed by atoms with Crippen molar-refractivity contribution < 1.29 is 9.66 Å². The van der Waals surface area contributed by atoms with Crippen LogP contribution in [-0.4, -0.2) is 26.6 Å². The first-order chi connectivity index (χ1) is 7.11. The smallest absolute Gasteiger partial charge is 0.414 e. The lowest BCUT2D eigenvalue weighted by atomic mass is 10.1. The molecule has 1 aliphatic heterocycles. The van der Waals surface area contributed by atoms with Gasteiger partial charge in [-0.2, -0.15) is 0 Å². The molecule has 7 heteroatoms. The molecule has 2 heterocycles. The van der Waals surface area contributed by atoms with Crippen molar-refractivity contribution in [2.24, 2.45) is 5.73 Å². The summed E-state index contributed by atoms with van der Waals surface area (Å²) < 4.78 is 7.02. The third-order valence-electron chi connectivity index (χ3n) is 2.46. The van der Waals surface area contributed by atoms with Gasteiger partial charge in [-0.25, -0.2) is 0 Å². The number of ether oxygens (including phenoxy) is 1. The fraction of sp³-hybridized carbons (Fsp3) is 0.625. The summed E-state index contributed by atoms with van der Waals surface area (Å²) in [6.45, 7) is 2.46. The molecule has 82 valence electrons. The van der Waals surface area contributed by atoms with Crippen LogP contribution in [0.1, 0.15) is 13.3 Å². The summed E-state index contributed by atoms with van der Waals surface area (Å²) in [6, 6.07) is 0.145. The Morgan fingerprint density at radius 1 is 1.87 bits per heavy atom. The Morgan fingerprint density at radius 3 is 3.20 bits per heavy atom. The molecule has 1 aromatic rings. The molecule has 15 heavy (non-hydrogen) atoms. The molecular weight excluding hydrogens is 200 g/mol. The van der Waals surface area contributed by atoms with Crippen LogP contribution in [0.2, 0.25) is 0 Å². The Bertz CT molecular complexity index is 389. The van der Waals surface area contributed by atoms with Gasteiger partial charge in [0.15, 0.2) is 0 Å². The molecular formula is C8H12N4O3. The predicted molar refractivity (Wildman–Crippen MR) is 51.6 cm³/mol. The Morgan fingerprint density at radius 2 is 2.60 bits per heavy atom. The molecule has 0 aromatic carbocycles. The van der Waals surface area contributed by atoms with Crippen LogP contribution in [0.25, 0.3) is 0 Å². The largest absolute Gasteiger partial charge is 0.441 e. The van der Waals surface area contributed by atoms with Crippen LogP contribution < -0.4 is 10.5 Å². The van der Waals surface area contributed by atoms with E-state index in [2.05, 4.69) is 4.98 Å². The summed E-state index contributed by atoms with van der Waals surface area (Å²) in [7, 11) is 0. The van der Waals surface area contributed by atoms with E-state index in [1.54, 1.807) is 4.57 Å². The molecule has 0 amide bonds. The predicted octanol–water partition coefficient (Wildman–Crippen LogP) is 0.290. The van der Waals surface area contributed by atoms with Crippen LogP contribution in [0, 0.1) is 10.1 Å². The number of nitrogens with zero attached hydrogens (tertiary/aromatic N) is 3. The first-order valence-electron chi connectivity index (χ1n) is 4.75. The first kappa shape index (κ1) is 9.91. The van der Waals surface area contributed by atoms with Gasteiger partial charge in [0, 0.05) is 11.5 Å². The second-order valence-corrected chi connectivity index (χ2v) is 3.52. The lowest BCUT2D eigenvalue weighted by Crippen LogP contribution is -2.45. The minimum Gasteiger partial charge on any atom is -0.441 e. The molecule has 0 unspecified atom stereocenters. The zero-order chi connectivity index (χ0) is 11.0. The van der Waals surface area contributed by atoms with Crippen molar-refractivity contribution in [1.82, 2.24) is 9.55 Å². The summed E-state index contributed by atoms with van der Waals surface area (Å²) in [5.74, 6) is -0.200. The van der Waals surface area contributed by atoms with E-state index >= 15 is 0 Å². The maximum Gasteiger partial charge on any atom is 0.414 e. The molecule has 1 aliphatic rings. The second-order valence-electron chi connectivity index (χ2n) is 3.52. The summed E-state index contributed by atoms with van der Waals surface area (Å²) in [5, 5.41) is 10.5. The molecule has 0 saturated carbocycles. The quantitative estimate of drug-likeness (QED) is 0.561. The number of hydrogen-bond donors (Lipinski definition) is 1. The molecule has 0 aliphatic carbocycles. The Kier molecular flexibility index (Phi) is 2.31. The number of aromatic nitrogens is 2.